The highest BCUT2D eigenvalue weighted by molar-refractivity contribution is 6.06. The number of allylic oxidation sites excluding steroid dienone is 4. The Labute approximate surface area is 122 Å². The van der Waals surface area contributed by atoms with Gasteiger partial charge in [0, 0.05) is 19.2 Å². The fraction of sp³-hybridized carbons (Fsp3) is 0.333. The molecule has 0 N–H and O–H groups in total. The molecule has 0 heterocycles. The number of nitrogens with zero attached hydrogens (tertiary/aromatic N) is 2. The van der Waals surface area contributed by atoms with E-state index in [1.807, 2.05) is 26.0 Å². The maximum atomic E-state index is 4.63. The molecule has 0 atom stereocenters. The zero-order chi connectivity index (χ0) is 15.0. The first-order valence-corrected chi connectivity index (χ1v) is 6.93. The van der Waals surface area contributed by atoms with Crippen LogP contribution in [0.25, 0.3) is 0 Å². The lowest BCUT2D eigenvalue weighted by molar-refractivity contribution is 1.23. The smallest absolute Gasteiger partial charge is 0.127 e. The van der Waals surface area contributed by atoms with Crippen molar-refractivity contribution >= 4 is 11.5 Å². The summed E-state index contributed by atoms with van der Waals surface area (Å²) >= 11 is 0. The molecule has 1 aromatic rings. The van der Waals surface area contributed by atoms with Gasteiger partial charge in [-0.2, -0.15) is 0 Å². The monoisotopic (exact) mass is 268 g/mol. The van der Waals surface area contributed by atoms with Gasteiger partial charge in [-0.1, -0.05) is 48.1 Å². The summed E-state index contributed by atoms with van der Waals surface area (Å²) in [5, 5.41) is 0. The average molecular weight is 268 g/mol. The van der Waals surface area contributed by atoms with Crippen molar-refractivity contribution in [3.63, 3.8) is 0 Å². The van der Waals surface area contributed by atoms with Gasteiger partial charge in [0.25, 0.3) is 0 Å². The Kier molecular flexibility index (Phi) is 6.65. The summed E-state index contributed by atoms with van der Waals surface area (Å²) in [6.07, 6.45) is 6.87. The molecule has 1 aromatic carbocycles. The molecule has 0 amide bonds. The van der Waals surface area contributed by atoms with E-state index in [2.05, 4.69) is 54.2 Å². The summed E-state index contributed by atoms with van der Waals surface area (Å²) in [7, 11) is 1.80. The molecular formula is C18H24N2. The van der Waals surface area contributed by atoms with Gasteiger partial charge in [-0.15, -0.1) is 0 Å². The van der Waals surface area contributed by atoms with E-state index in [1.54, 1.807) is 7.05 Å². The van der Waals surface area contributed by atoms with Crippen molar-refractivity contribution in [2.24, 2.45) is 9.98 Å². The average Bonchev–Trinajstić information content (AvgIpc) is 2.46. The molecule has 0 fully saturated rings. The zero-order valence-corrected chi connectivity index (χ0v) is 13.1. The van der Waals surface area contributed by atoms with Crippen LogP contribution in [0.15, 0.2) is 58.1 Å². The summed E-state index contributed by atoms with van der Waals surface area (Å²) in [6.45, 7) is 8.19. The Morgan fingerprint density at radius 3 is 2.35 bits per heavy atom. The van der Waals surface area contributed by atoms with Crippen molar-refractivity contribution < 1.29 is 0 Å². The standard InChI is InChI=1S/C18H24N2/c1-6-7-8-15(3)16(4)20-18(19-5)13-17-11-9-14(2)10-12-17/h6-12H,13H2,1-5H3/b7-6-,15-8+,19-18?,20-16?. The highest BCUT2D eigenvalue weighted by atomic mass is 14.9. The Balaban J connectivity index is 2.84. The SMILES string of the molecule is C/C=C\C=C(/C)C(C)=NC(Cc1ccc(C)cc1)=NC. The molecule has 0 aliphatic rings. The molecule has 1 rings (SSSR count). The van der Waals surface area contributed by atoms with Crippen LogP contribution in [-0.4, -0.2) is 18.6 Å². The van der Waals surface area contributed by atoms with Crippen LogP contribution >= 0.6 is 0 Å². The van der Waals surface area contributed by atoms with E-state index in [1.165, 1.54) is 11.1 Å². The van der Waals surface area contributed by atoms with Crippen molar-refractivity contribution in [2.75, 3.05) is 7.05 Å². The summed E-state index contributed by atoms with van der Waals surface area (Å²) in [5.74, 6) is 0.861. The summed E-state index contributed by atoms with van der Waals surface area (Å²) < 4.78 is 0. The first-order chi connectivity index (χ1) is 9.56. The van der Waals surface area contributed by atoms with E-state index < -0.39 is 0 Å². The van der Waals surface area contributed by atoms with Crippen LogP contribution in [0.1, 0.15) is 31.9 Å². The molecule has 0 unspecified atom stereocenters. The molecule has 2 heteroatoms. The molecular weight excluding hydrogens is 244 g/mol. The van der Waals surface area contributed by atoms with Crippen LogP contribution in [0.3, 0.4) is 0 Å². The fourth-order valence-electron chi connectivity index (χ4n) is 1.70. The fourth-order valence-corrected chi connectivity index (χ4v) is 1.70. The summed E-state index contributed by atoms with van der Waals surface area (Å²) in [6, 6.07) is 8.51. The summed E-state index contributed by atoms with van der Waals surface area (Å²) in [4.78, 5) is 8.92. The quantitative estimate of drug-likeness (QED) is 0.435. The number of aliphatic imine (C=N–C) groups is 2. The molecule has 0 aliphatic carbocycles. The van der Waals surface area contributed by atoms with Gasteiger partial charge in [0.2, 0.25) is 0 Å². The topological polar surface area (TPSA) is 24.7 Å². The van der Waals surface area contributed by atoms with Crippen LogP contribution in [-0.2, 0) is 6.42 Å². The lowest BCUT2D eigenvalue weighted by Gasteiger charge is -2.05. The van der Waals surface area contributed by atoms with Crippen molar-refractivity contribution in [1.29, 1.82) is 0 Å². The highest BCUT2D eigenvalue weighted by Crippen LogP contribution is 2.07. The first kappa shape index (κ1) is 16.1. The number of aryl methyl sites for hydroxylation is 1. The largest absolute Gasteiger partial charge is 0.274 e. The molecule has 0 bridgehead atoms. The highest BCUT2D eigenvalue weighted by Gasteiger charge is 2.01. The van der Waals surface area contributed by atoms with Crippen molar-refractivity contribution in [3.8, 4) is 0 Å². The Hall–Kier alpha value is -1.96. The minimum Gasteiger partial charge on any atom is -0.274 e. The van der Waals surface area contributed by atoms with Crippen molar-refractivity contribution in [2.45, 2.75) is 34.1 Å². The van der Waals surface area contributed by atoms with Gasteiger partial charge < -0.3 is 0 Å². The van der Waals surface area contributed by atoms with Gasteiger partial charge in [-0.3, -0.25) is 4.99 Å². The molecule has 2 nitrogen and oxygen atoms in total. The number of amidine groups is 1. The minimum atomic E-state index is 0.769. The molecule has 20 heavy (non-hydrogen) atoms. The molecule has 0 aromatic heterocycles. The molecule has 106 valence electrons. The van der Waals surface area contributed by atoms with Crippen molar-refractivity contribution in [1.82, 2.24) is 0 Å². The van der Waals surface area contributed by atoms with Crippen LogP contribution in [0.5, 0.6) is 0 Å². The molecule has 0 radical (unpaired) electrons. The van der Waals surface area contributed by atoms with Crippen LogP contribution in [0.4, 0.5) is 0 Å². The Morgan fingerprint density at radius 1 is 1.15 bits per heavy atom. The van der Waals surface area contributed by atoms with Gasteiger partial charge in [-0.25, -0.2) is 4.99 Å². The maximum absolute atomic E-state index is 4.63. The van der Waals surface area contributed by atoms with E-state index in [0.717, 1.165) is 23.5 Å². The van der Waals surface area contributed by atoms with Gasteiger partial charge in [0.05, 0.1) is 0 Å². The van der Waals surface area contributed by atoms with E-state index in [-0.39, 0.29) is 0 Å². The van der Waals surface area contributed by atoms with Gasteiger partial charge in [0.1, 0.15) is 5.84 Å². The lowest BCUT2D eigenvalue weighted by atomic mass is 10.1. The van der Waals surface area contributed by atoms with Crippen LogP contribution < -0.4 is 0 Å². The predicted octanol–water partition coefficient (Wildman–Crippen LogP) is 4.55. The van der Waals surface area contributed by atoms with Gasteiger partial charge in [0.15, 0.2) is 0 Å². The number of benzene rings is 1. The number of hydrogen-bond acceptors (Lipinski definition) is 1. The normalized spacial score (nSPS) is 14.2. The second-order valence-electron chi connectivity index (χ2n) is 4.87. The third kappa shape index (κ3) is 5.35. The van der Waals surface area contributed by atoms with Crippen LogP contribution in [0, 0.1) is 6.92 Å². The van der Waals surface area contributed by atoms with E-state index in [0.29, 0.717) is 0 Å². The van der Waals surface area contributed by atoms with E-state index in [9.17, 15) is 0 Å². The summed E-state index contributed by atoms with van der Waals surface area (Å²) in [5.41, 5.74) is 4.68. The number of hydrogen-bond donors (Lipinski definition) is 0. The molecule has 0 aliphatic heterocycles. The second-order valence-corrected chi connectivity index (χ2v) is 4.87. The molecule has 0 saturated carbocycles. The Bertz CT molecular complexity index is 543. The van der Waals surface area contributed by atoms with Gasteiger partial charge >= 0.3 is 0 Å². The zero-order valence-electron chi connectivity index (χ0n) is 13.1. The molecule has 0 saturated heterocycles. The third-order valence-electron chi connectivity index (χ3n) is 3.15. The first-order valence-electron chi connectivity index (χ1n) is 6.93. The van der Waals surface area contributed by atoms with E-state index in [4.69, 9.17) is 0 Å². The lowest BCUT2D eigenvalue weighted by Crippen LogP contribution is -2.05. The second kappa shape index (κ2) is 8.26. The van der Waals surface area contributed by atoms with Crippen molar-refractivity contribution in [3.05, 3.63) is 59.2 Å². The Morgan fingerprint density at radius 2 is 1.80 bits per heavy atom. The van der Waals surface area contributed by atoms with Crippen LogP contribution in [0.2, 0.25) is 0 Å². The third-order valence-corrected chi connectivity index (χ3v) is 3.15. The molecule has 0 spiro atoms. The number of rotatable bonds is 4. The minimum absolute atomic E-state index is 0.769. The van der Waals surface area contributed by atoms with E-state index >= 15 is 0 Å². The maximum Gasteiger partial charge on any atom is 0.127 e. The van der Waals surface area contributed by atoms with Gasteiger partial charge in [-0.05, 0) is 38.8 Å². The predicted molar refractivity (Wildman–Crippen MR) is 89.9 cm³/mol.